The largest absolute Gasteiger partial charge is 0.432 e. The number of halogens is 7. The lowest BCUT2D eigenvalue weighted by Crippen LogP contribution is -2.27. The molecule has 0 saturated heterocycles. The molecule has 0 spiro atoms. The molecule has 11 heteroatoms. The molecule has 0 bridgehead atoms. The van der Waals surface area contributed by atoms with Gasteiger partial charge in [-0.2, -0.15) is 13.2 Å². The summed E-state index contributed by atoms with van der Waals surface area (Å²) < 4.78 is 85.0. The number of alkyl halides is 3. The average molecular weight is 566 g/mol. The molecule has 5 rings (SSSR count). The van der Waals surface area contributed by atoms with Gasteiger partial charge >= 0.3 is 6.18 Å². The lowest BCUT2D eigenvalue weighted by Gasteiger charge is -2.18. The van der Waals surface area contributed by atoms with E-state index in [-0.39, 0.29) is 57.7 Å². The van der Waals surface area contributed by atoms with E-state index in [2.05, 4.69) is 9.98 Å². The third-order valence-electron chi connectivity index (χ3n) is 7.12. The molecule has 0 atom stereocenters. The lowest BCUT2D eigenvalue weighted by molar-refractivity contribution is -0.0578. The highest BCUT2D eigenvalue weighted by atomic mass is 35.5. The second-order valence-electron chi connectivity index (χ2n) is 9.87. The first-order chi connectivity index (χ1) is 18.3. The molecule has 2 aromatic carbocycles. The van der Waals surface area contributed by atoms with Crippen molar-refractivity contribution in [1.29, 1.82) is 0 Å². The molecule has 204 valence electrons. The first-order valence-corrected chi connectivity index (χ1v) is 12.5. The smallest absolute Gasteiger partial charge is 0.288 e. The minimum Gasteiger partial charge on any atom is -0.288 e. The van der Waals surface area contributed by atoms with Gasteiger partial charge in [-0.15, -0.1) is 0 Å². The zero-order chi connectivity index (χ0) is 28.4. The molecule has 1 fully saturated rings. The van der Waals surface area contributed by atoms with Crippen LogP contribution in [0.3, 0.4) is 0 Å². The monoisotopic (exact) mass is 565 g/mol. The Bertz CT molecular complexity index is 1650. The van der Waals surface area contributed by atoms with Crippen molar-refractivity contribution in [3.63, 3.8) is 0 Å². The van der Waals surface area contributed by atoms with Gasteiger partial charge < -0.3 is 0 Å². The molecular weight excluding hydrogens is 544 g/mol. The van der Waals surface area contributed by atoms with Crippen LogP contribution in [0.5, 0.6) is 0 Å². The molecule has 0 unspecified atom stereocenters. The Labute approximate surface area is 224 Å². The van der Waals surface area contributed by atoms with Crippen molar-refractivity contribution in [2.45, 2.75) is 51.7 Å². The number of nitrogens with zero attached hydrogens (tertiary/aromatic N) is 3. The number of hydrogen-bond acceptors (Lipinski definition) is 3. The number of rotatable bonds is 5. The van der Waals surface area contributed by atoms with E-state index in [1.54, 1.807) is 6.92 Å². The fourth-order valence-corrected chi connectivity index (χ4v) is 5.26. The highest BCUT2D eigenvalue weighted by Crippen LogP contribution is 2.46. The zero-order valence-corrected chi connectivity index (χ0v) is 21.9. The van der Waals surface area contributed by atoms with Crippen LogP contribution in [0.25, 0.3) is 22.5 Å². The van der Waals surface area contributed by atoms with E-state index in [4.69, 9.17) is 11.6 Å². The Hall–Kier alpha value is -3.40. The molecular formula is C28H22ClF6N3O. The number of allylic oxidation sites excluding steroid dienone is 2. The van der Waals surface area contributed by atoms with Crippen molar-refractivity contribution >= 4 is 17.3 Å². The van der Waals surface area contributed by atoms with Crippen LogP contribution in [0.2, 0.25) is 5.02 Å². The third kappa shape index (κ3) is 4.79. The fourth-order valence-electron chi connectivity index (χ4n) is 5.05. The van der Waals surface area contributed by atoms with Gasteiger partial charge in [0.15, 0.2) is 11.6 Å². The van der Waals surface area contributed by atoms with Crippen molar-refractivity contribution in [2.75, 3.05) is 7.05 Å². The summed E-state index contributed by atoms with van der Waals surface area (Å²) in [6, 6.07) is 3.12. The first kappa shape index (κ1) is 27.2. The van der Waals surface area contributed by atoms with Gasteiger partial charge in [-0.25, -0.2) is 18.2 Å². The van der Waals surface area contributed by atoms with E-state index in [1.807, 2.05) is 0 Å². The van der Waals surface area contributed by atoms with E-state index >= 15 is 4.39 Å². The molecule has 39 heavy (non-hydrogen) atoms. The van der Waals surface area contributed by atoms with Gasteiger partial charge in [-0.1, -0.05) is 17.2 Å². The molecule has 0 radical (unpaired) electrons. The Morgan fingerprint density at radius 2 is 1.79 bits per heavy atom. The van der Waals surface area contributed by atoms with E-state index in [0.29, 0.717) is 16.7 Å². The molecule has 3 aromatic rings. The van der Waals surface area contributed by atoms with E-state index < -0.39 is 34.9 Å². The first-order valence-electron chi connectivity index (χ1n) is 12.1. The molecule has 1 heterocycles. The Morgan fingerprint density at radius 1 is 1.13 bits per heavy atom. The number of fused-ring (bicyclic) bond motifs is 3. The van der Waals surface area contributed by atoms with Crippen LogP contribution in [-0.4, -0.2) is 28.5 Å². The molecule has 0 aliphatic heterocycles. The van der Waals surface area contributed by atoms with Crippen molar-refractivity contribution in [1.82, 2.24) is 9.55 Å². The van der Waals surface area contributed by atoms with Crippen molar-refractivity contribution < 1.29 is 26.3 Å². The highest BCUT2D eigenvalue weighted by Gasteiger charge is 2.35. The lowest BCUT2D eigenvalue weighted by atomic mass is 10.0. The molecule has 1 saturated carbocycles. The van der Waals surface area contributed by atoms with Crippen molar-refractivity contribution in [2.24, 2.45) is 4.99 Å². The van der Waals surface area contributed by atoms with Crippen LogP contribution in [0.15, 0.2) is 39.6 Å². The van der Waals surface area contributed by atoms with Gasteiger partial charge in [0.2, 0.25) is 0 Å². The highest BCUT2D eigenvalue weighted by molar-refractivity contribution is 6.31. The standard InChI is InChI=1S/C28H22ClF6N3O/c1-12(6-23(36-3)28(33,34)35)11-38-26(17-8-20(31)19(30)7-16(17)14-4-5-14)37-22-9-15-13(2)18(29)10-21(32)24(15)25(22)27(38)39/h6-8,10,14H,4-5,9,11H2,1-3H3/b12-6+,36-23?. The quantitative estimate of drug-likeness (QED) is 0.188. The van der Waals surface area contributed by atoms with Crippen molar-refractivity contribution in [3.05, 3.63) is 85.1 Å². The SMILES string of the molecule is CN=C(/C=C(\C)Cn1c(-c2cc(F)c(F)cc2C2CC2)nc2c(c1=O)-c1c(F)cc(Cl)c(C)c1C2)C(F)(F)F. The maximum Gasteiger partial charge on any atom is 0.432 e. The van der Waals surface area contributed by atoms with Gasteiger partial charge in [-0.3, -0.25) is 14.4 Å². The Balaban J connectivity index is 1.78. The van der Waals surface area contributed by atoms with Gasteiger partial charge in [0.25, 0.3) is 5.56 Å². The molecule has 2 aliphatic carbocycles. The predicted octanol–water partition coefficient (Wildman–Crippen LogP) is 7.32. The van der Waals surface area contributed by atoms with Crippen LogP contribution in [0, 0.1) is 24.4 Å². The van der Waals surface area contributed by atoms with E-state index in [0.717, 1.165) is 48.7 Å². The summed E-state index contributed by atoms with van der Waals surface area (Å²) in [7, 11) is 0.998. The number of hydrogen-bond donors (Lipinski definition) is 0. The Kier molecular flexibility index (Phi) is 6.73. The van der Waals surface area contributed by atoms with E-state index in [1.165, 1.54) is 6.92 Å². The summed E-state index contributed by atoms with van der Waals surface area (Å²) in [4.78, 5) is 21.9. The van der Waals surface area contributed by atoms with Crippen molar-refractivity contribution in [3.8, 4) is 22.5 Å². The fraction of sp³-hybridized carbons (Fsp3) is 0.321. The molecule has 0 amide bonds. The van der Waals surface area contributed by atoms with Crippen LogP contribution < -0.4 is 5.56 Å². The normalized spacial score (nSPS) is 15.5. The Morgan fingerprint density at radius 3 is 2.41 bits per heavy atom. The van der Waals surface area contributed by atoms with Gasteiger partial charge in [0.1, 0.15) is 17.4 Å². The predicted molar refractivity (Wildman–Crippen MR) is 137 cm³/mol. The molecule has 2 aliphatic rings. The summed E-state index contributed by atoms with van der Waals surface area (Å²) >= 11 is 6.17. The summed E-state index contributed by atoms with van der Waals surface area (Å²) in [6.07, 6.45) is -2.40. The van der Waals surface area contributed by atoms with Gasteiger partial charge in [0.05, 0.1) is 11.3 Å². The number of aliphatic imine (C=N–C) groups is 1. The average Bonchev–Trinajstić information content (AvgIpc) is 3.62. The van der Waals surface area contributed by atoms with Crippen LogP contribution in [-0.2, 0) is 13.0 Å². The van der Waals surface area contributed by atoms with Gasteiger partial charge in [0, 0.05) is 36.2 Å². The maximum absolute atomic E-state index is 15.1. The second kappa shape index (κ2) is 9.66. The minimum atomic E-state index is -4.72. The second-order valence-corrected chi connectivity index (χ2v) is 10.3. The van der Waals surface area contributed by atoms with Crippen LogP contribution >= 0.6 is 11.6 Å². The summed E-state index contributed by atoms with van der Waals surface area (Å²) in [5, 5.41) is 0.175. The number of aromatic nitrogens is 2. The van der Waals surface area contributed by atoms with E-state index in [9.17, 15) is 26.7 Å². The van der Waals surface area contributed by atoms with Gasteiger partial charge in [-0.05, 0) is 73.6 Å². The molecule has 4 nitrogen and oxygen atoms in total. The summed E-state index contributed by atoms with van der Waals surface area (Å²) in [6.45, 7) is 2.68. The van der Waals surface area contributed by atoms with Crippen LogP contribution in [0.1, 0.15) is 48.1 Å². The summed E-state index contributed by atoms with van der Waals surface area (Å²) in [5.74, 6) is -3.05. The third-order valence-corrected chi connectivity index (χ3v) is 7.51. The maximum atomic E-state index is 15.1. The summed E-state index contributed by atoms with van der Waals surface area (Å²) in [5.41, 5.74) is 0.103. The topological polar surface area (TPSA) is 47.2 Å². The molecule has 1 aromatic heterocycles. The minimum absolute atomic E-state index is 0.0325. The molecule has 0 N–H and O–H groups in total. The van der Waals surface area contributed by atoms with Crippen LogP contribution in [0.4, 0.5) is 26.3 Å². The number of benzene rings is 2. The zero-order valence-electron chi connectivity index (χ0n) is 21.1.